The Labute approximate surface area is 102 Å². The van der Waals surface area contributed by atoms with Gasteiger partial charge in [-0.25, -0.2) is 0 Å². The lowest BCUT2D eigenvalue weighted by Crippen LogP contribution is -2.26. The monoisotopic (exact) mass is 259 g/mol. The predicted molar refractivity (Wildman–Crippen MR) is 59.7 cm³/mol. The molecule has 0 radical (unpaired) electrons. The number of carbonyl (C=O) groups is 1. The fraction of sp³-hybridized carbons (Fsp3) is 0.417. The second kappa shape index (κ2) is 4.19. The Balaban J connectivity index is 2.57. The molecule has 6 heteroatoms. The summed E-state index contributed by atoms with van der Waals surface area (Å²) in [5, 5.41) is 0. The lowest BCUT2D eigenvalue weighted by molar-refractivity contribution is -0.138. The molecule has 1 aliphatic rings. The highest BCUT2D eigenvalue weighted by Crippen LogP contribution is 2.42. The van der Waals surface area contributed by atoms with E-state index in [-0.39, 0.29) is 11.7 Å². The maximum Gasteiger partial charge on any atom is 0.420 e. The van der Waals surface area contributed by atoms with Gasteiger partial charge >= 0.3 is 6.18 Å². The van der Waals surface area contributed by atoms with Crippen LogP contribution in [0.2, 0.25) is 0 Å². The second-order valence-electron chi connectivity index (χ2n) is 4.10. The summed E-state index contributed by atoms with van der Waals surface area (Å²) >= 11 is 0. The molecule has 3 nitrogen and oxygen atoms in total. The van der Waals surface area contributed by atoms with Crippen LogP contribution in [0.5, 0.6) is 5.75 Å². The summed E-state index contributed by atoms with van der Waals surface area (Å²) in [4.78, 5) is 12.7. The van der Waals surface area contributed by atoms with E-state index in [1.165, 1.54) is 25.0 Å². The molecule has 0 spiro atoms. The molecule has 0 aliphatic carbocycles. The zero-order chi connectivity index (χ0) is 13.5. The molecule has 0 aromatic heterocycles. The van der Waals surface area contributed by atoms with E-state index in [1.807, 2.05) is 0 Å². The van der Waals surface area contributed by atoms with Crippen molar-refractivity contribution in [3.05, 3.63) is 23.3 Å². The minimum Gasteiger partial charge on any atom is -0.496 e. The molecule has 1 aromatic carbocycles. The van der Waals surface area contributed by atoms with Crippen molar-refractivity contribution in [3.8, 4) is 5.75 Å². The predicted octanol–water partition coefficient (Wildman–Crippen LogP) is 2.62. The number of carbonyl (C=O) groups excluding carboxylic acids is 1. The fourth-order valence-corrected chi connectivity index (χ4v) is 2.13. The number of fused-ring (bicyclic) bond motifs is 1. The highest BCUT2D eigenvalue weighted by molar-refractivity contribution is 5.94. The lowest BCUT2D eigenvalue weighted by Gasteiger charge is -2.18. The number of methoxy groups -OCH3 is 1. The SMILES string of the molecule is COc1cc2c(cc1C(F)(F)F)N(C(C)=O)CC2. The van der Waals surface area contributed by atoms with Crippen molar-refractivity contribution < 1.29 is 22.7 Å². The van der Waals surface area contributed by atoms with Gasteiger partial charge in [-0.05, 0) is 24.1 Å². The van der Waals surface area contributed by atoms with Gasteiger partial charge in [0.05, 0.1) is 12.7 Å². The molecule has 18 heavy (non-hydrogen) atoms. The first-order chi connectivity index (χ1) is 8.34. The van der Waals surface area contributed by atoms with Crippen LogP contribution in [0.1, 0.15) is 18.1 Å². The molecule has 1 aliphatic heterocycles. The number of anilines is 1. The van der Waals surface area contributed by atoms with Gasteiger partial charge < -0.3 is 9.64 Å². The molecule has 0 atom stereocenters. The van der Waals surface area contributed by atoms with Crippen LogP contribution in [-0.4, -0.2) is 19.6 Å². The van der Waals surface area contributed by atoms with E-state index < -0.39 is 11.7 Å². The third-order valence-corrected chi connectivity index (χ3v) is 2.98. The summed E-state index contributed by atoms with van der Waals surface area (Å²) in [5.41, 5.74) is 0.183. The Bertz CT molecular complexity index is 497. The van der Waals surface area contributed by atoms with Crippen LogP contribution in [0.4, 0.5) is 18.9 Å². The van der Waals surface area contributed by atoms with Gasteiger partial charge in [0.1, 0.15) is 5.75 Å². The van der Waals surface area contributed by atoms with E-state index >= 15 is 0 Å². The third-order valence-electron chi connectivity index (χ3n) is 2.98. The number of alkyl halides is 3. The standard InChI is InChI=1S/C12H12F3NO2/c1-7(17)16-4-3-8-5-11(18-2)9(6-10(8)16)12(13,14)15/h5-6H,3-4H2,1-2H3. The summed E-state index contributed by atoms with van der Waals surface area (Å²) in [6, 6.07) is 2.35. The van der Waals surface area contributed by atoms with Crippen LogP contribution in [0, 0.1) is 0 Å². The van der Waals surface area contributed by atoms with Crippen molar-refractivity contribution in [2.24, 2.45) is 0 Å². The Hall–Kier alpha value is -1.72. The van der Waals surface area contributed by atoms with Crippen LogP contribution < -0.4 is 9.64 Å². The van der Waals surface area contributed by atoms with Crippen LogP contribution in [0.25, 0.3) is 0 Å². The summed E-state index contributed by atoms with van der Waals surface area (Å²) in [6.45, 7) is 1.75. The van der Waals surface area contributed by atoms with E-state index in [1.54, 1.807) is 0 Å². The van der Waals surface area contributed by atoms with Gasteiger partial charge in [-0.3, -0.25) is 4.79 Å². The van der Waals surface area contributed by atoms with Crippen LogP contribution >= 0.6 is 0 Å². The number of rotatable bonds is 1. The fourth-order valence-electron chi connectivity index (χ4n) is 2.13. The van der Waals surface area contributed by atoms with Crippen molar-refractivity contribution in [2.45, 2.75) is 19.5 Å². The molecule has 98 valence electrons. The third kappa shape index (κ3) is 2.02. The summed E-state index contributed by atoms with van der Waals surface area (Å²) in [5.74, 6) is -0.460. The summed E-state index contributed by atoms with van der Waals surface area (Å²) < 4.78 is 43.3. The van der Waals surface area contributed by atoms with Gasteiger partial charge in [-0.2, -0.15) is 13.2 Å². The van der Waals surface area contributed by atoms with Crippen molar-refractivity contribution in [1.82, 2.24) is 0 Å². The smallest absolute Gasteiger partial charge is 0.420 e. The van der Waals surface area contributed by atoms with Gasteiger partial charge in [0.2, 0.25) is 5.91 Å². The van der Waals surface area contributed by atoms with E-state index in [4.69, 9.17) is 4.74 Å². The molecule has 1 amide bonds. The van der Waals surface area contributed by atoms with Crippen LogP contribution in [0.15, 0.2) is 12.1 Å². The first-order valence-corrected chi connectivity index (χ1v) is 5.41. The molecule has 1 heterocycles. The number of hydrogen-bond acceptors (Lipinski definition) is 2. The number of ether oxygens (including phenoxy) is 1. The van der Waals surface area contributed by atoms with Gasteiger partial charge in [-0.15, -0.1) is 0 Å². The van der Waals surface area contributed by atoms with Gasteiger partial charge in [0.15, 0.2) is 0 Å². The molecule has 0 fully saturated rings. The Morgan fingerprint density at radius 3 is 2.56 bits per heavy atom. The lowest BCUT2D eigenvalue weighted by atomic mass is 10.1. The van der Waals surface area contributed by atoms with E-state index in [2.05, 4.69) is 0 Å². The average Bonchev–Trinajstić information content (AvgIpc) is 2.68. The minimum atomic E-state index is -4.49. The highest BCUT2D eigenvalue weighted by atomic mass is 19.4. The molecule has 1 aromatic rings. The van der Waals surface area contributed by atoms with Crippen molar-refractivity contribution in [1.29, 1.82) is 0 Å². The van der Waals surface area contributed by atoms with E-state index in [0.717, 1.165) is 6.07 Å². The highest BCUT2D eigenvalue weighted by Gasteiger charge is 2.37. The molecule has 0 saturated heterocycles. The minimum absolute atomic E-state index is 0.202. The van der Waals surface area contributed by atoms with Crippen LogP contribution in [0.3, 0.4) is 0 Å². The Morgan fingerprint density at radius 1 is 1.39 bits per heavy atom. The summed E-state index contributed by atoms with van der Waals surface area (Å²) in [6.07, 6.45) is -3.95. The number of amides is 1. The zero-order valence-electron chi connectivity index (χ0n) is 9.97. The topological polar surface area (TPSA) is 29.5 Å². The first-order valence-electron chi connectivity index (χ1n) is 5.41. The Kier molecular flexibility index (Phi) is 2.96. The molecule has 0 unspecified atom stereocenters. The average molecular weight is 259 g/mol. The number of hydrogen-bond donors (Lipinski definition) is 0. The normalized spacial score (nSPS) is 14.6. The molecule has 2 rings (SSSR count). The van der Waals surface area contributed by atoms with E-state index in [0.29, 0.717) is 24.2 Å². The largest absolute Gasteiger partial charge is 0.496 e. The molecule has 0 saturated carbocycles. The molecular weight excluding hydrogens is 247 g/mol. The molecule has 0 N–H and O–H groups in total. The Morgan fingerprint density at radius 2 is 2.06 bits per heavy atom. The summed E-state index contributed by atoms with van der Waals surface area (Å²) in [7, 11) is 1.20. The quantitative estimate of drug-likeness (QED) is 0.776. The van der Waals surface area contributed by atoms with Crippen molar-refractivity contribution in [2.75, 3.05) is 18.6 Å². The maximum atomic E-state index is 12.8. The molecular formula is C12H12F3NO2. The van der Waals surface area contributed by atoms with E-state index in [9.17, 15) is 18.0 Å². The first kappa shape index (κ1) is 12.7. The maximum absolute atomic E-state index is 12.8. The van der Waals surface area contributed by atoms with Gasteiger partial charge in [0, 0.05) is 19.2 Å². The second-order valence-corrected chi connectivity index (χ2v) is 4.10. The zero-order valence-corrected chi connectivity index (χ0v) is 9.97. The van der Waals surface area contributed by atoms with Crippen LogP contribution in [-0.2, 0) is 17.4 Å². The number of halogens is 3. The van der Waals surface area contributed by atoms with Gasteiger partial charge in [-0.1, -0.05) is 0 Å². The van der Waals surface area contributed by atoms with Crippen molar-refractivity contribution in [3.63, 3.8) is 0 Å². The molecule has 0 bridgehead atoms. The number of nitrogens with zero attached hydrogens (tertiary/aromatic N) is 1. The number of benzene rings is 1. The van der Waals surface area contributed by atoms with Gasteiger partial charge in [0.25, 0.3) is 0 Å². The van der Waals surface area contributed by atoms with Crippen molar-refractivity contribution >= 4 is 11.6 Å².